The summed E-state index contributed by atoms with van der Waals surface area (Å²) in [6.07, 6.45) is 1.03. The quantitative estimate of drug-likeness (QED) is 0.277. The molecule has 0 aliphatic rings. The molecule has 38 heavy (non-hydrogen) atoms. The third-order valence-electron chi connectivity index (χ3n) is 5.45. The molecule has 0 bridgehead atoms. The highest BCUT2D eigenvalue weighted by molar-refractivity contribution is 7.92. The summed E-state index contributed by atoms with van der Waals surface area (Å²) in [6.45, 7) is 5.48. The summed E-state index contributed by atoms with van der Waals surface area (Å²) < 4.78 is 31.5. The molecule has 9 nitrogen and oxygen atoms in total. The standard InChI is InChI=1S/C27H29ClN4O5S/c1-5-37-25-14-12-24(13-15-25)32(38(4,35)36)19(3)26(33)31-30-18(2)20-8-7-11-23(17-20)29-27(34)21-9-6-10-22(28)16-21/h6-17,19H,5H2,1-4H3,(H,29,34)(H,31,33)/b30-18-/t19-/m1/s1. The van der Waals surface area contributed by atoms with Gasteiger partial charge < -0.3 is 10.1 Å². The SMILES string of the molecule is CCOc1ccc(N([C@H](C)C(=O)N/N=C(/C)c2cccc(NC(=O)c3cccc(Cl)c3)c2)S(C)(=O)=O)cc1. The summed E-state index contributed by atoms with van der Waals surface area (Å²) in [5.41, 5.74) is 4.81. The Hall–Kier alpha value is -3.89. The molecule has 2 amide bonds. The van der Waals surface area contributed by atoms with Crippen LogP contribution in [0.1, 0.15) is 36.7 Å². The summed E-state index contributed by atoms with van der Waals surface area (Å²) in [5.74, 6) is -0.349. The van der Waals surface area contributed by atoms with Gasteiger partial charge in [0, 0.05) is 16.3 Å². The Morgan fingerprint density at radius 2 is 1.68 bits per heavy atom. The first-order valence-corrected chi connectivity index (χ1v) is 14.0. The number of benzene rings is 3. The van der Waals surface area contributed by atoms with Crippen molar-refractivity contribution in [1.82, 2.24) is 5.43 Å². The van der Waals surface area contributed by atoms with Crippen LogP contribution >= 0.6 is 11.6 Å². The van der Waals surface area contributed by atoms with E-state index in [1.54, 1.807) is 79.7 Å². The van der Waals surface area contributed by atoms with Crippen molar-refractivity contribution in [2.75, 3.05) is 22.5 Å². The van der Waals surface area contributed by atoms with Gasteiger partial charge in [-0.1, -0.05) is 29.8 Å². The van der Waals surface area contributed by atoms with E-state index in [-0.39, 0.29) is 5.91 Å². The maximum absolute atomic E-state index is 12.9. The number of hydrazone groups is 1. The van der Waals surface area contributed by atoms with Crippen LogP contribution in [0.3, 0.4) is 0 Å². The number of amides is 2. The Labute approximate surface area is 227 Å². The van der Waals surface area contributed by atoms with Gasteiger partial charge in [-0.05, 0) is 80.9 Å². The van der Waals surface area contributed by atoms with Crippen molar-refractivity contribution in [3.8, 4) is 5.75 Å². The van der Waals surface area contributed by atoms with E-state index in [1.165, 1.54) is 6.92 Å². The summed E-state index contributed by atoms with van der Waals surface area (Å²) in [7, 11) is -3.79. The van der Waals surface area contributed by atoms with Crippen LogP contribution in [0.25, 0.3) is 0 Å². The van der Waals surface area contributed by atoms with Gasteiger partial charge in [0.15, 0.2) is 0 Å². The highest BCUT2D eigenvalue weighted by Gasteiger charge is 2.29. The number of sulfonamides is 1. The minimum absolute atomic E-state index is 0.322. The molecular formula is C27H29ClN4O5S. The van der Waals surface area contributed by atoms with Crippen molar-refractivity contribution in [3.05, 3.63) is 88.9 Å². The fraction of sp³-hybridized carbons (Fsp3) is 0.222. The molecule has 0 spiro atoms. The largest absolute Gasteiger partial charge is 0.494 e. The lowest BCUT2D eigenvalue weighted by Crippen LogP contribution is -2.46. The molecule has 0 aliphatic heterocycles. The number of halogens is 1. The molecule has 0 aliphatic carbocycles. The fourth-order valence-corrected chi connectivity index (χ4v) is 4.98. The summed E-state index contributed by atoms with van der Waals surface area (Å²) in [6, 6.07) is 18.9. The van der Waals surface area contributed by atoms with E-state index in [4.69, 9.17) is 16.3 Å². The summed E-state index contributed by atoms with van der Waals surface area (Å²) in [4.78, 5) is 25.4. The van der Waals surface area contributed by atoms with E-state index < -0.39 is 22.0 Å². The molecule has 0 fully saturated rings. The Balaban J connectivity index is 1.72. The fourth-order valence-electron chi connectivity index (χ4n) is 3.62. The normalized spacial score (nSPS) is 12.4. The molecule has 1 atom stereocenters. The second kappa shape index (κ2) is 12.6. The molecule has 0 saturated carbocycles. The number of hydrogen-bond donors (Lipinski definition) is 2. The van der Waals surface area contributed by atoms with Crippen LogP contribution in [0, 0.1) is 0 Å². The zero-order chi connectivity index (χ0) is 27.9. The Morgan fingerprint density at radius 3 is 2.32 bits per heavy atom. The van der Waals surface area contributed by atoms with Gasteiger partial charge >= 0.3 is 0 Å². The van der Waals surface area contributed by atoms with E-state index >= 15 is 0 Å². The van der Waals surface area contributed by atoms with Gasteiger partial charge in [0.1, 0.15) is 11.8 Å². The minimum atomic E-state index is -3.79. The van der Waals surface area contributed by atoms with Crippen molar-refractivity contribution in [2.45, 2.75) is 26.8 Å². The predicted octanol–water partition coefficient (Wildman–Crippen LogP) is 4.69. The van der Waals surface area contributed by atoms with Crippen LogP contribution in [-0.4, -0.2) is 44.8 Å². The zero-order valence-corrected chi connectivity index (χ0v) is 23.0. The molecule has 0 heterocycles. The zero-order valence-electron chi connectivity index (χ0n) is 21.4. The van der Waals surface area contributed by atoms with Crippen LogP contribution < -0.4 is 19.8 Å². The second-order valence-electron chi connectivity index (χ2n) is 8.38. The van der Waals surface area contributed by atoms with Crippen LogP contribution in [0.2, 0.25) is 5.02 Å². The summed E-state index contributed by atoms with van der Waals surface area (Å²) in [5, 5.41) is 7.41. The predicted molar refractivity (Wildman–Crippen MR) is 151 cm³/mol. The molecule has 0 saturated heterocycles. The lowest BCUT2D eigenvalue weighted by atomic mass is 10.1. The molecule has 3 aromatic rings. The number of carbonyl (C=O) groups excluding carboxylic acids is 2. The number of carbonyl (C=O) groups is 2. The lowest BCUT2D eigenvalue weighted by Gasteiger charge is -2.27. The lowest BCUT2D eigenvalue weighted by molar-refractivity contribution is -0.121. The Morgan fingerprint density at radius 1 is 1.03 bits per heavy atom. The van der Waals surface area contributed by atoms with Crippen molar-refractivity contribution in [1.29, 1.82) is 0 Å². The van der Waals surface area contributed by atoms with Gasteiger partial charge in [-0.25, -0.2) is 13.8 Å². The number of rotatable bonds is 10. The number of hydrogen-bond acceptors (Lipinski definition) is 6. The van der Waals surface area contributed by atoms with Crippen molar-refractivity contribution in [3.63, 3.8) is 0 Å². The highest BCUT2D eigenvalue weighted by atomic mass is 35.5. The van der Waals surface area contributed by atoms with Crippen LogP contribution in [0.4, 0.5) is 11.4 Å². The van der Waals surface area contributed by atoms with E-state index in [1.807, 2.05) is 6.92 Å². The minimum Gasteiger partial charge on any atom is -0.494 e. The number of nitrogens with zero attached hydrogens (tertiary/aromatic N) is 2. The van der Waals surface area contributed by atoms with Gasteiger partial charge in [-0.3, -0.25) is 13.9 Å². The molecule has 11 heteroatoms. The number of nitrogens with one attached hydrogen (secondary N) is 2. The average Bonchev–Trinajstić information content (AvgIpc) is 2.87. The van der Waals surface area contributed by atoms with Crippen LogP contribution in [0.5, 0.6) is 5.75 Å². The molecule has 0 unspecified atom stereocenters. The Kier molecular flexibility index (Phi) is 9.49. The monoisotopic (exact) mass is 556 g/mol. The second-order valence-corrected chi connectivity index (χ2v) is 10.7. The van der Waals surface area contributed by atoms with Crippen molar-refractivity contribution < 1.29 is 22.7 Å². The maximum atomic E-state index is 12.9. The molecule has 3 aromatic carbocycles. The van der Waals surface area contributed by atoms with Crippen molar-refractivity contribution in [2.24, 2.45) is 5.10 Å². The van der Waals surface area contributed by atoms with E-state index in [9.17, 15) is 18.0 Å². The molecule has 0 aromatic heterocycles. The molecule has 200 valence electrons. The molecule has 3 rings (SSSR count). The third kappa shape index (κ3) is 7.56. The third-order valence-corrected chi connectivity index (χ3v) is 6.93. The van der Waals surface area contributed by atoms with E-state index in [0.717, 1.165) is 10.6 Å². The molecular weight excluding hydrogens is 528 g/mol. The highest BCUT2D eigenvalue weighted by Crippen LogP contribution is 2.24. The smallest absolute Gasteiger partial charge is 0.263 e. The van der Waals surface area contributed by atoms with E-state index in [0.29, 0.717) is 45.6 Å². The van der Waals surface area contributed by atoms with Gasteiger partial charge in [0.05, 0.1) is 24.3 Å². The van der Waals surface area contributed by atoms with Crippen LogP contribution in [-0.2, 0) is 14.8 Å². The van der Waals surface area contributed by atoms with Gasteiger partial charge in [-0.15, -0.1) is 0 Å². The topological polar surface area (TPSA) is 117 Å². The first-order valence-electron chi connectivity index (χ1n) is 11.7. The first kappa shape index (κ1) is 28.7. The maximum Gasteiger partial charge on any atom is 0.263 e. The number of ether oxygens (including phenoxy) is 1. The number of anilines is 2. The van der Waals surface area contributed by atoms with Gasteiger partial charge in [0.2, 0.25) is 10.0 Å². The molecule has 2 N–H and O–H groups in total. The first-order chi connectivity index (χ1) is 18.0. The van der Waals surface area contributed by atoms with Crippen molar-refractivity contribution >= 4 is 50.5 Å². The van der Waals surface area contributed by atoms with E-state index in [2.05, 4.69) is 15.8 Å². The Bertz CT molecular complexity index is 1440. The van der Waals surface area contributed by atoms with Gasteiger partial charge in [-0.2, -0.15) is 5.10 Å². The summed E-state index contributed by atoms with van der Waals surface area (Å²) >= 11 is 5.97. The molecule has 0 radical (unpaired) electrons. The average molecular weight is 557 g/mol. The van der Waals surface area contributed by atoms with Gasteiger partial charge in [0.25, 0.3) is 11.8 Å². The van der Waals surface area contributed by atoms with Crippen LogP contribution in [0.15, 0.2) is 77.9 Å².